The minimum Gasteiger partial charge on any atom is -0.326 e. The molecule has 0 aliphatic rings. The first-order valence-corrected chi connectivity index (χ1v) is 11.4. The Morgan fingerprint density at radius 1 is 1.16 bits per heavy atom. The molecule has 0 unspecified atom stereocenters. The van der Waals surface area contributed by atoms with E-state index in [4.69, 9.17) is 0 Å². The molecule has 4 rings (SSSR count). The van der Waals surface area contributed by atoms with Gasteiger partial charge in [0, 0.05) is 29.2 Å². The van der Waals surface area contributed by atoms with Crippen molar-refractivity contribution in [3.8, 4) is 5.69 Å². The SMILES string of the molecule is CSc1cccc(NC(=O)CCn2cnc3c(c(C)c(C)n3-c3cccc(F)c3)c2=O)c1. The molecule has 0 aliphatic carbocycles. The third-order valence-electron chi connectivity index (χ3n) is 5.48. The van der Waals surface area contributed by atoms with Crippen LogP contribution in [0.15, 0.2) is 64.5 Å². The van der Waals surface area contributed by atoms with Crippen LogP contribution in [0.3, 0.4) is 0 Å². The average Bonchev–Trinajstić information content (AvgIpc) is 3.04. The minimum absolute atomic E-state index is 0.138. The first-order valence-electron chi connectivity index (χ1n) is 10.2. The number of anilines is 1. The zero-order valence-electron chi connectivity index (χ0n) is 18.1. The van der Waals surface area contributed by atoms with E-state index in [9.17, 15) is 14.0 Å². The standard InChI is InChI=1S/C24H23FN4O2S/c1-15-16(2)29(19-8-4-6-17(25)12-19)23-22(15)24(31)28(14-26-23)11-10-21(30)27-18-7-5-9-20(13-18)32-3/h4-9,12-14H,10-11H2,1-3H3,(H,27,30). The fourth-order valence-corrected chi connectivity index (χ4v) is 4.18. The van der Waals surface area contributed by atoms with Crippen molar-refractivity contribution >= 4 is 34.4 Å². The van der Waals surface area contributed by atoms with Crippen LogP contribution in [-0.4, -0.2) is 26.3 Å². The Kier molecular flexibility index (Phi) is 6.14. The molecule has 1 N–H and O–H groups in total. The van der Waals surface area contributed by atoms with Gasteiger partial charge in [-0.05, 0) is 62.1 Å². The number of thioether (sulfide) groups is 1. The summed E-state index contributed by atoms with van der Waals surface area (Å²) in [5.74, 6) is -0.538. The molecule has 2 aromatic carbocycles. The summed E-state index contributed by atoms with van der Waals surface area (Å²) in [5, 5.41) is 3.34. The van der Waals surface area contributed by atoms with Crippen molar-refractivity contribution in [1.82, 2.24) is 14.1 Å². The maximum atomic E-state index is 13.8. The van der Waals surface area contributed by atoms with Crippen molar-refractivity contribution in [3.05, 3.63) is 82.3 Å². The summed E-state index contributed by atoms with van der Waals surface area (Å²) < 4.78 is 17.0. The van der Waals surface area contributed by atoms with Crippen LogP contribution in [0, 0.1) is 19.7 Å². The zero-order valence-corrected chi connectivity index (χ0v) is 18.9. The molecule has 1 amide bonds. The molecule has 0 fully saturated rings. The number of benzene rings is 2. The quantitative estimate of drug-likeness (QED) is 0.433. The summed E-state index contributed by atoms with van der Waals surface area (Å²) in [7, 11) is 0. The topological polar surface area (TPSA) is 68.9 Å². The van der Waals surface area contributed by atoms with Gasteiger partial charge in [0.2, 0.25) is 5.91 Å². The van der Waals surface area contributed by atoms with Crippen molar-refractivity contribution in [2.45, 2.75) is 31.7 Å². The number of nitrogens with one attached hydrogen (secondary N) is 1. The van der Waals surface area contributed by atoms with Crippen LogP contribution in [0.2, 0.25) is 0 Å². The van der Waals surface area contributed by atoms with Crippen LogP contribution in [0.1, 0.15) is 17.7 Å². The van der Waals surface area contributed by atoms with Gasteiger partial charge >= 0.3 is 0 Å². The number of rotatable bonds is 6. The molecule has 2 aromatic heterocycles. The molecule has 2 heterocycles. The highest BCUT2D eigenvalue weighted by molar-refractivity contribution is 7.98. The Morgan fingerprint density at radius 2 is 1.94 bits per heavy atom. The zero-order chi connectivity index (χ0) is 22.8. The molecule has 0 saturated heterocycles. The van der Waals surface area contributed by atoms with Crippen molar-refractivity contribution in [1.29, 1.82) is 0 Å². The maximum Gasteiger partial charge on any atom is 0.263 e. The first-order chi connectivity index (χ1) is 15.4. The number of fused-ring (bicyclic) bond motifs is 1. The van der Waals surface area contributed by atoms with Gasteiger partial charge in [-0.3, -0.25) is 18.7 Å². The lowest BCUT2D eigenvalue weighted by Gasteiger charge is -2.09. The summed E-state index contributed by atoms with van der Waals surface area (Å²) in [5.41, 5.74) is 3.19. The van der Waals surface area contributed by atoms with Crippen LogP contribution < -0.4 is 10.9 Å². The second-order valence-electron chi connectivity index (χ2n) is 7.50. The summed E-state index contributed by atoms with van der Waals surface area (Å²) in [4.78, 5) is 31.1. The van der Waals surface area contributed by atoms with E-state index in [1.54, 1.807) is 28.5 Å². The molecule has 6 nitrogen and oxygen atoms in total. The number of aromatic nitrogens is 3. The number of carbonyl (C=O) groups is 1. The van der Waals surface area contributed by atoms with E-state index in [1.165, 1.54) is 23.0 Å². The second kappa shape index (κ2) is 9.00. The van der Waals surface area contributed by atoms with Crippen molar-refractivity contribution in [2.75, 3.05) is 11.6 Å². The van der Waals surface area contributed by atoms with E-state index in [1.807, 2.05) is 44.4 Å². The van der Waals surface area contributed by atoms with Gasteiger partial charge in [0.25, 0.3) is 5.56 Å². The molecular formula is C24H23FN4O2S. The molecule has 0 aliphatic heterocycles. The number of halogens is 1. The van der Waals surface area contributed by atoms with Gasteiger partial charge in [0.15, 0.2) is 5.65 Å². The molecule has 8 heteroatoms. The predicted octanol–water partition coefficient (Wildman–Crippen LogP) is 4.69. The van der Waals surface area contributed by atoms with E-state index in [-0.39, 0.29) is 30.2 Å². The molecule has 0 atom stereocenters. The smallest absolute Gasteiger partial charge is 0.263 e. The van der Waals surface area contributed by atoms with E-state index in [0.717, 1.165) is 21.8 Å². The second-order valence-corrected chi connectivity index (χ2v) is 8.38. The normalized spacial score (nSPS) is 11.1. The highest BCUT2D eigenvalue weighted by atomic mass is 32.2. The molecular weight excluding hydrogens is 427 g/mol. The van der Waals surface area contributed by atoms with Gasteiger partial charge in [-0.1, -0.05) is 12.1 Å². The largest absolute Gasteiger partial charge is 0.326 e. The van der Waals surface area contributed by atoms with Crippen molar-refractivity contribution in [2.24, 2.45) is 0 Å². The Hall–Kier alpha value is -3.39. The Bertz CT molecular complexity index is 1380. The van der Waals surface area contributed by atoms with Crippen LogP contribution in [0.5, 0.6) is 0 Å². The van der Waals surface area contributed by atoms with Crippen LogP contribution >= 0.6 is 11.8 Å². The molecule has 0 radical (unpaired) electrons. The molecule has 164 valence electrons. The van der Waals surface area contributed by atoms with E-state index < -0.39 is 0 Å². The van der Waals surface area contributed by atoms with Gasteiger partial charge in [-0.2, -0.15) is 0 Å². The average molecular weight is 451 g/mol. The summed E-state index contributed by atoms with van der Waals surface area (Å²) in [6, 6.07) is 13.8. The van der Waals surface area contributed by atoms with Crippen molar-refractivity contribution < 1.29 is 9.18 Å². The highest BCUT2D eigenvalue weighted by Gasteiger charge is 2.18. The summed E-state index contributed by atoms with van der Waals surface area (Å²) >= 11 is 1.60. The van der Waals surface area contributed by atoms with E-state index in [2.05, 4.69) is 10.3 Å². The van der Waals surface area contributed by atoms with E-state index in [0.29, 0.717) is 16.7 Å². The molecule has 0 spiro atoms. The minimum atomic E-state index is -0.358. The monoisotopic (exact) mass is 450 g/mol. The lowest BCUT2D eigenvalue weighted by atomic mass is 10.2. The van der Waals surface area contributed by atoms with Crippen LogP contribution in [0.25, 0.3) is 16.7 Å². The first kappa shape index (κ1) is 21.8. The number of aryl methyl sites for hydroxylation is 2. The molecule has 0 saturated carbocycles. The Balaban J connectivity index is 1.59. The molecule has 32 heavy (non-hydrogen) atoms. The van der Waals surface area contributed by atoms with Gasteiger partial charge in [-0.25, -0.2) is 9.37 Å². The number of carbonyl (C=O) groups excluding carboxylic acids is 1. The van der Waals surface area contributed by atoms with Crippen LogP contribution in [-0.2, 0) is 11.3 Å². The maximum absolute atomic E-state index is 13.8. The van der Waals surface area contributed by atoms with Crippen molar-refractivity contribution in [3.63, 3.8) is 0 Å². The fraction of sp³-hybridized carbons (Fsp3) is 0.208. The number of nitrogens with zero attached hydrogens (tertiary/aromatic N) is 3. The lowest BCUT2D eigenvalue weighted by molar-refractivity contribution is -0.116. The molecule has 4 aromatic rings. The van der Waals surface area contributed by atoms with E-state index >= 15 is 0 Å². The highest BCUT2D eigenvalue weighted by Crippen LogP contribution is 2.25. The fourth-order valence-electron chi connectivity index (χ4n) is 3.72. The van der Waals surface area contributed by atoms with Crippen LogP contribution in [0.4, 0.5) is 10.1 Å². The lowest BCUT2D eigenvalue weighted by Crippen LogP contribution is -2.24. The van der Waals surface area contributed by atoms with Gasteiger partial charge in [0.05, 0.1) is 17.4 Å². The number of amides is 1. The van der Waals surface area contributed by atoms with Gasteiger partial charge in [0.1, 0.15) is 5.82 Å². The third kappa shape index (κ3) is 4.18. The third-order valence-corrected chi connectivity index (χ3v) is 6.21. The number of hydrogen-bond donors (Lipinski definition) is 1. The summed E-state index contributed by atoms with van der Waals surface area (Å²) in [6.45, 7) is 3.94. The molecule has 0 bridgehead atoms. The van der Waals surface area contributed by atoms with Gasteiger partial charge in [-0.15, -0.1) is 11.8 Å². The number of hydrogen-bond acceptors (Lipinski definition) is 4. The predicted molar refractivity (Wildman–Crippen MR) is 126 cm³/mol. The summed E-state index contributed by atoms with van der Waals surface area (Å²) in [6.07, 6.45) is 3.56. The van der Waals surface area contributed by atoms with Gasteiger partial charge < -0.3 is 5.32 Å². The Morgan fingerprint density at radius 3 is 2.69 bits per heavy atom. The Labute approximate surface area is 189 Å².